The standard InChI is InChI=1S/C14H20N2O2/c1-13(2)10-14(12(17)18,6-9-16(13)3)11-4-7-15-8-5-11/h4-5,7-8H,6,9-10H2,1-3H3,(H,17,18). The first-order valence-electron chi connectivity index (χ1n) is 6.24. The Bertz CT molecular complexity index is 444. The lowest BCUT2D eigenvalue weighted by molar-refractivity contribution is -0.148. The zero-order valence-corrected chi connectivity index (χ0v) is 11.2. The van der Waals surface area contributed by atoms with Crippen molar-refractivity contribution in [2.45, 2.75) is 37.6 Å². The molecule has 1 N–H and O–H groups in total. The second-order valence-corrected chi connectivity index (χ2v) is 5.78. The van der Waals surface area contributed by atoms with Crippen LogP contribution in [-0.4, -0.2) is 40.1 Å². The maximum Gasteiger partial charge on any atom is 0.314 e. The zero-order valence-electron chi connectivity index (χ0n) is 11.2. The number of carbonyl (C=O) groups is 1. The number of piperidine rings is 1. The summed E-state index contributed by atoms with van der Waals surface area (Å²) in [4.78, 5) is 18.0. The van der Waals surface area contributed by atoms with Crippen molar-refractivity contribution in [3.05, 3.63) is 30.1 Å². The van der Waals surface area contributed by atoms with E-state index in [0.29, 0.717) is 12.8 Å². The van der Waals surface area contributed by atoms with Crippen LogP contribution in [-0.2, 0) is 10.2 Å². The molecule has 0 saturated carbocycles. The molecule has 18 heavy (non-hydrogen) atoms. The maximum absolute atomic E-state index is 11.8. The van der Waals surface area contributed by atoms with Crippen molar-refractivity contribution in [3.63, 3.8) is 0 Å². The number of pyridine rings is 1. The quantitative estimate of drug-likeness (QED) is 0.868. The van der Waals surface area contributed by atoms with Crippen molar-refractivity contribution in [1.29, 1.82) is 0 Å². The highest BCUT2D eigenvalue weighted by atomic mass is 16.4. The molecule has 1 aliphatic rings. The highest BCUT2D eigenvalue weighted by Crippen LogP contribution is 2.42. The van der Waals surface area contributed by atoms with Crippen LogP contribution in [0.2, 0.25) is 0 Å². The van der Waals surface area contributed by atoms with Crippen molar-refractivity contribution in [3.8, 4) is 0 Å². The summed E-state index contributed by atoms with van der Waals surface area (Å²) in [7, 11) is 2.05. The van der Waals surface area contributed by atoms with Gasteiger partial charge in [-0.2, -0.15) is 0 Å². The normalized spacial score (nSPS) is 27.9. The van der Waals surface area contributed by atoms with Gasteiger partial charge in [0.1, 0.15) is 0 Å². The molecular formula is C14H20N2O2. The van der Waals surface area contributed by atoms with Gasteiger partial charge in [-0.05, 0) is 58.0 Å². The van der Waals surface area contributed by atoms with E-state index in [9.17, 15) is 9.90 Å². The summed E-state index contributed by atoms with van der Waals surface area (Å²) in [6, 6.07) is 3.66. The zero-order chi connectivity index (χ0) is 13.4. The molecule has 0 aromatic carbocycles. The van der Waals surface area contributed by atoms with E-state index >= 15 is 0 Å². The maximum atomic E-state index is 11.8. The van der Waals surface area contributed by atoms with Gasteiger partial charge in [0, 0.05) is 17.9 Å². The van der Waals surface area contributed by atoms with Gasteiger partial charge >= 0.3 is 5.97 Å². The van der Waals surface area contributed by atoms with Crippen LogP contribution >= 0.6 is 0 Å². The van der Waals surface area contributed by atoms with E-state index in [1.54, 1.807) is 12.4 Å². The number of nitrogens with zero attached hydrogens (tertiary/aromatic N) is 2. The molecule has 0 radical (unpaired) electrons. The lowest BCUT2D eigenvalue weighted by Crippen LogP contribution is -2.56. The minimum atomic E-state index is -0.779. The lowest BCUT2D eigenvalue weighted by Gasteiger charge is -2.48. The molecule has 2 rings (SSSR count). The molecule has 1 unspecified atom stereocenters. The summed E-state index contributed by atoms with van der Waals surface area (Å²) in [5.74, 6) is -0.727. The van der Waals surface area contributed by atoms with Gasteiger partial charge in [-0.1, -0.05) is 0 Å². The van der Waals surface area contributed by atoms with E-state index in [1.165, 1.54) is 0 Å². The molecule has 4 heteroatoms. The Labute approximate surface area is 108 Å². The van der Waals surface area contributed by atoms with E-state index in [2.05, 4.69) is 30.8 Å². The molecule has 0 aliphatic carbocycles. The third-order valence-electron chi connectivity index (χ3n) is 4.28. The van der Waals surface area contributed by atoms with Gasteiger partial charge in [0.05, 0.1) is 5.41 Å². The lowest BCUT2D eigenvalue weighted by atomic mass is 9.67. The summed E-state index contributed by atoms with van der Waals surface area (Å²) < 4.78 is 0. The predicted molar refractivity (Wildman–Crippen MR) is 69.5 cm³/mol. The molecule has 1 fully saturated rings. The number of hydrogen-bond acceptors (Lipinski definition) is 3. The minimum absolute atomic E-state index is 0.111. The van der Waals surface area contributed by atoms with Gasteiger partial charge in [-0.15, -0.1) is 0 Å². The average Bonchev–Trinajstić information content (AvgIpc) is 2.33. The van der Waals surface area contributed by atoms with E-state index in [4.69, 9.17) is 0 Å². The second kappa shape index (κ2) is 4.35. The van der Waals surface area contributed by atoms with E-state index < -0.39 is 11.4 Å². The summed E-state index contributed by atoms with van der Waals surface area (Å²) in [6.07, 6.45) is 4.61. The van der Waals surface area contributed by atoms with Crippen molar-refractivity contribution in [1.82, 2.24) is 9.88 Å². The number of hydrogen-bond donors (Lipinski definition) is 1. The Kier molecular flexibility index (Phi) is 3.15. The molecule has 4 nitrogen and oxygen atoms in total. The van der Waals surface area contributed by atoms with Gasteiger partial charge in [0.25, 0.3) is 0 Å². The van der Waals surface area contributed by atoms with E-state index in [1.807, 2.05) is 12.1 Å². The number of rotatable bonds is 2. The Morgan fingerprint density at radius 1 is 1.39 bits per heavy atom. The molecule has 0 bridgehead atoms. The first-order valence-corrected chi connectivity index (χ1v) is 6.24. The molecular weight excluding hydrogens is 228 g/mol. The highest BCUT2D eigenvalue weighted by Gasteiger charge is 2.49. The van der Waals surface area contributed by atoms with Crippen molar-refractivity contribution < 1.29 is 9.90 Å². The fourth-order valence-electron chi connectivity index (χ4n) is 2.85. The van der Waals surface area contributed by atoms with Gasteiger partial charge in [-0.25, -0.2) is 0 Å². The van der Waals surface area contributed by atoms with Crippen LogP contribution in [0.5, 0.6) is 0 Å². The molecule has 1 aromatic rings. The van der Waals surface area contributed by atoms with Crippen LogP contribution in [0.15, 0.2) is 24.5 Å². The van der Waals surface area contributed by atoms with Crippen LogP contribution in [0.25, 0.3) is 0 Å². The fraction of sp³-hybridized carbons (Fsp3) is 0.571. The monoisotopic (exact) mass is 248 g/mol. The predicted octanol–water partition coefficient (Wildman–Crippen LogP) is 1.91. The molecule has 1 aromatic heterocycles. The summed E-state index contributed by atoms with van der Waals surface area (Å²) in [5, 5.41) is 9.72. The Balaban J connectivity index is 2.44. The van der Waals surface area contributed by atoms with Crippen LogP contribution in [0, 0.1) is 0 Å². The Morgan fingerprint density at radius 3 is 2.50 bits per heavy atom. The van der Waals surface area contributed by atoms with Crippen molar-refractivity contribution >= 4 is 5.97 Å². The van der Waals surface area contributed by atoms with Crippen LogP contribution in [0.3, 0.4) is 0 Å². The SMILES string of the molecule is CN1CCC(C(=O)O)(c2ccncc2)CC1(C)C. The van der Waals surface area contributed by atoms with Crippen LogP contribution < -0.4 is 0 Å². The molecule has 2 heterocycles. The number of aliphatic carboxylic acids is 1. The largest absolute Gasteiger partial charge is 0.481 e. The summed E-state index contributed by atoms with van der Waals surface area (Å²) >= 11 is 0. The molecule has 0 spiro atoms. The first-order chi connectivity index (χ1) is 8.38. The van der Waals surface area contributed by atoms with Crippen molar-refractivity contribution in [2.75, 3.05) is 13.6 Å². The highest BCUT2D eigenvalue weighted by molar-refractivity contribution is 5.81. The third kappa shape index (κ3) is 2.01. The molecule has 1 aliphatic heterocycles. The molecule has 98 valence electrons. The molecule has 1 saturated heterocycles. The van der Waals surface area contributed by atoms with Gasteiger partial charge in [0.15, 0.2) is 0 Å². The average molecular weight is 248 g/mol. The van der Waals surface area contributed by atoms with E-state index in [0.717, 1.165) is 12.1 Å². The van der Waals surface area contributed by atoms with Crippen molar-refractivity contribution in [2.24, 2.45) is 0 Å². The smallest absolute Gasteiger partial charge is 0.314 e. The van der Waals surface area contributed by atoms with Crippen LogP contribution in [0.1, 0.15) is 32.3 Å². The van der Waals surface area contributed by atoms with Crippen LogP contribution in [0.4, 0.5) is 0 Å². The number of carboxylic acids is 1. The van der Waals surface area contributed by atoms with Gasteiger partial charge in [0.2, 0.25) is 0 Å². The summed E-state index contributed by atoms with van der Waals surface area (Å²) in [6.45, 7) is 5.00. The Hall–Kier alpha value is -1.42. The minimum Gasteiger partial charge on any atom is -0.481 e. The van der Waals surface area contributed by atoms with Gasteiger partial charge < -0.3 is 10.0 Å². The number of carboxylic acid groups (broad SMARTS) is 1. The summed E-state index contributed by atoms with van der Waals surface area (Å²) in [5.41, 5.74) is -0.0232. The number of aromatic nitrogens is 1. The second-order valence-electron chi connectivity index (χ2n) is 5.78. The van der Waals surface area contributed by atoms with E-state index in [-0.39, 0.29) is 5.54 Å². The molecule has 1 atom stereocenters. The molecule has 0 amide bonds. The fourth-order valence-corrected chi connectivity index (χ4v) is 2.85. The van der Waals surface area contributed by atoms with Gasteiger partial charge in [-0.3, -0.25) is 9.78 Å². The number of likely N-dealkylation sites (tertiary alicyclic amines) is 1. The Morgan fingerprint density at radius 2 is 2.00 bits per heavy atom. The topological polar surface area (TPSA) is 53.4 Å². The first kappa shape index (κ1) is 13.0. The third-order valence-corrected chi connectivity index (χ3v) is 4.28.